The zero-order valence-corrected chi connectivity index (χ0v) is 33.5. The first-order valence-electron chi connectivity index (χ1n) is 19.5. The zero-order valence-electron chi connectivity index (χ0n) is 33.5. The topological polar surface area (TPSA) is 135 Å². The van der Waals surface area contributed by atoms with Gasteiger partial charge in [0.05, 0.1) is 18.5 Å². The number of aromatic nitrogens is 2. The minimum Gasteiger partial charge on any atom is -0.444 e. The number of halogens is 3. The van der Waals surface area contributed by atoms with Crippen molar-refractivity contribution >= 4 is 17.9 Å². The van der Waals surface area contributed by atoms with E-state index in [1.54, 1.807) is 25.7 Å². The highest BCUT2D eigenvalue weighted by atomic mass is 19.4. The maximum atomic E-state index is 14.4. The van der Waals surface area contributed by atoms with Crippen LogP contribution in [0.5, 0.6) is 5.75 Å². The second-order valence-corrected chi connectivity index (χ2v) is 16.1. The third-order valence-corrected chi connectivity index (χ3v) is 10.2. The standard InChI is InChI=1S/C42H58F3N5O6/c1-8-28(4)37(39(53)49-20-18-32(19-21-49)50-26-46-25-35(50)27(2)3)48-38(52)31(22-30-14-16-33(17-15-30)55-42(43,44)45)24-36(51)34(23-29-12-10-9-11-13-29)47-40(54)56-41(5,6)7/h9-17,25-28,31-32,34,36-37,51H,8,18-24H2,1-7H3,(H,47,54)(H,48,52). The van der Waals surface area contributed by atoms with E-state index in [0.29, 0.717) is 31.0 Å². The van der Waals surface area contributed by atoms with Crippen molar-refractivity contribution in [3.05, 3.63) is 83.9 Å². The maximum absolute atomic E-state index is 14.4. The first-order chi connectivity index (χ1) is 26.3. The Morgan fingerprint density at radius 2 is 1.55 bits per heavy atom. The summed E-state index contributed by atoms with van der Waals surface area (Å²) < 4.78 is 50.4. The van der Waals surface area contributed by atoms with Gasteiger partial charge < -0.3 is 34.7 Å². The molecule has 4 rings (SSSR count). The lowest BCUT2D eigenvalue weighted by molar-refractivity contribution is -0.274. The van der Waals surface area contributed by atoms with Crippen molar-refractivity contribution in [2.24, 2.45) is 11.8 Å². The summed E-state index contributed by atoms with van der Waals surface area (Å²) >= 11 is 0. The van der Waals surface area contributed by atoms with Crippen LogP contribution < -0.4 is 15.4 Å². The number of likely N-dealkylation sites (tertiary alicyclic amines) is 1. The van der Waals surface area contributed by atoms with Gasteiger partial charge in [0.1, 0.15) is 17.4 Å². The first kappa shape index (κ1) is 44.1. The van der Waals surface area contributed by atoms with Crippen molar-refractivity contribution in [1.82, 2.24) is 25.1 Å². The second kappa shape index (κ2) is 19.5. The highest BCUT2D eigenvalue weighted by Gasteiger charge is 2.36. The predicted octanol–water partition coefficient (Wildman–Crippen LogP) is 7.35. The Morgan fingerprint density at radius 3 is 2.12 bits per heavy atom. The van der Waals surface area contributed by atoms with Crippen molar-refractivity contribution in [3.63, 3.8) is 0 Å². The molecule has 2 aromatic carbocycles. The molecule has 0 aliphatic carbocycles. The molecule has 3 N–H and O–H groups in total. The van der Waals surface area contributed by atoms with Gasteiger partial charge in [-0.1, -0.05) is 76.6 Å². The fourth-order valence-electron chi connectivity index (χ4n) is 7.04. The number of aliphatic hydroxyl groups is 1. The molecular formula is C42H58F3N5O6. The normalized spacial score (nSPS) is 16.8. The van der Waals surface area contributed by atoms with Gasteiger partial charge in [0, 0.05) is 36.9 Å². The van der Waals surface area contributed by atoms with Crippen LogP contribution in [0.3, 0.4) is 0 Å². The van der Waals surface area contributed by atoms with Crippen LogP contribution in [-0.2, 0) is 27.2 Å². The number of piperidine rings is 1. The summed E-state index contributed by atoms with van der Waals surface area (Å²) in [4.78, 5) is 47.6. The van der Waals surface area contributed by atoms with Crippen molar-refractivity contribution in [2.45, 2.75) is 129 Å². The first-order valence-corrected chi connectivity index (χ1v) is 19.5. The molecule has 5 atom stereocenters. The number of rotatable bonds is 16. The summed E-state index contributed by atoms with van der Waals surface area (Å²) in [6.45, 7) is 14.3. The molecule has 56 heavy (non-hydrogen) atoms. The summed E-state index contributed by atoms with van der Waals surface area (Å²) in [6, 6.07) is 12.9. The number of hydrogen-bond donors (Lipinski definition) is 3. The summed E-state index contributed by atoms with van der Waals surface area (Å²) in [5.74, 6) is -1.97. The number of nitrogens with one attached hydrogen (secondary N) is 2. The maximum Gasteiger partial charge on any atom is 0.573 e. The number of aliphatic hydroxyl groups excluding tert-OH is 1. The van der Waals surface area contributed by atoms with Crippen LogP contribution in [0.2, 0.25) is 0 Å². The Bertz CT molecular complexity index is 1700. The fourth-order valence-corrected chi connectivity index (χ4v) is 7.04. The van der Waals surface area contributed by atoms with E-state index in [9.17, 15) is 32.7 Å². The Morgan fingerprint density at radius 1 is 0.929 bits per heavy atom. The van der Waals surface area contributed by atoms with Gasteiger partial charge in [-0.15, -0.1) is 13.2 Å². The van der Waals surface area contributed by atoms with Gasteiger partial charge in [-0.25, -0.2) is 9.78 Å². The number of ether oxygens (including phenoxy) is 2. The van der Waals surface area contributed by atoms with Crippen LogP contribution in [0.1, 0.15) is 103 Å². The minimum absolute atomic E-state index is 0.0234. The van der Waals surface area contributed by atoms with Gasteiger partial charge in [-0.2, -0.15) is 0 Å². The van der Waals surface area contributed by atoms with E-state index < -0.39 is 53.8 Å². The van der Waals surface area contributed by atoms with E-state index in [0.717, 1.165) is 24.1 Å². The third-order valence-electron chi connectivity index (χ3n) is 10.2. The number of imidazole rings is 1. The van der Waals surface area contributed by atoms with Gasteiger partial charge in [-0.3, -0.25) is 9.59 Å². The SMILES string of the molecule is CCC(C)C(NC(=O)C(Cc1ccc(OC(F)(F)F)cc1)CC(O)C(Cc1ccccc1)NC(=O)OC(C)(C)C)C(=O)N1CCC(n2cncc2C(C)C)CC1. The molecule has 3 aromatic rings. The fraction of sp³-hybridized carbons (Fsp3) is 0.571. The van der Waals surface area contributed by atoms with Crippen LogP contribution >= 0.6 is 0 Å². The van der Waals surface area contributed by atoms with Crippen LogP contribution in [0.4, 0.5) is 18.0 Å². The van der Waals surface area contributed by atoms with Crippen LogP contribution in [0.25, 0.3) is 0 Å². The van der Waals surface area contributed by atoms with E-state index in [1.807, 2.05) is 56.7 Å². The highest BCUT2D eigenvalue weighted by molar-refractivity contribution is 5.89. The molecule has 0 saturated carbocycles. The predicted molar refractivity (Wildman–Crippen MR) is 207 cm³/mol. The molecule has 308 valence electrons. The van der Waals surface area contributed by atoms with E-state index >= 15 is 0 Å². The molecule has 1 saturated heterocycles. The zero-order chi connectivity index (χ0) is 41.2. The van der Waals surface area contributed by atoms with E-state index in [4.69, 9.17) is 4.74 Å². The number of alkyl halides is 3. The average molecular weight is 786 g/mol. The van der Waals surface area contributed by atoms with Crippen LogP contribution in [-0.4, -0.2) is 80.7 Å². The number of benzene rings is 2. The van der Waals surface area contributed by atoms with Crippen LogP contribution in [0, 0.1) is 11.8 Å². The van der Waals surface area contributed by atoms with Crippen molar-refractivity contribution in [3.8, 4) is 5.75 Å². The van der Waals surface area contributed by atoms with E-state index in [2.05, 4.69) is 38.8 Å². The quantitative estimate of drug-likeness (QED) is 0.138. The van der Waals surface area contributed by atoms with Crippen molar-refractivity contribution in [2.75, 3.05) is 13.1 Å². The Kier molecular flexibility index (Phi) is 15.4. The molecule has 2 heterocycles. The molecule has 1 aliphatic heterocycles. The van der Waals surface area contributed by atoms with Gasteiger partial charge in [0.15, 0.2) is 0 Å². The molecule has 1 fully saturated rings. The lowest BCUT2D eigenvalue weighted by Crippen LogP contribution is -2.55. The summed E-state index contributed by atoms with van der Waals surface area (Å²) in [5, 5.41) is 17.6. The summed E-state index contributed by atoms with van der Waals surface area (Å²) in [6.07, 6.45) is -0.963. The molecule has 0 spiro atoms. The Labute approximate surface area is 328 Å². The van der Waals surface area contributed by atoms with Crippen LogP contribution in [0.15, 0.2) is 67.1 Å². The monoisotopic (exact) mass is 785 g/mol. The number of nitrogens with zero attached hydrogens (tertiary/aromatic N) is 3. The number of carbonyl (C=O) groups excluding carboxylic acids is 3. The van der Waals surface area contributed by atoms with E-state index in [-0.39, 0.29) is 37.1 Å². The third kappa shape index (κ3) is 13.3. The van der Waals surface area contributed by atoms with Gasteiger partial charge >= 0.3 is 12.5 Å². The molecule has 1 aromatic heterocycles. The largest absolute Gasteiger partial charge is 0.573 e. The summed E-state index contributed by atoms with van der Waals surface area (Å²) in [7, 11) is 0. The average Bonchev–Trinajstić information content (AvgIpc) is 3.63. The van der Waals surface area contributed by atoms with Gasteiger partial charge in [0.2, 0.25) is 11.8 Å². The molecule has 11 nitrogen and oxygen atoms in total. The Hall–Kier alpha value is -4.59. The van der Waals surface area contributed by atoms with Gasteiger partial charge in [0.25, 0.3) is 0 Å². The smallest absolute Gasteiger partial charge is 0.444 e. The van der Waals surface area contributed by atoms with Gasteiger partial charge in [-0.05, 0) is 88.0 Å². The molecule has 5 unspecified atom stereocenters. The van der Waals surface area contributed by atoms with Crippen molar-refractivity contribution in [1.29, 1.82) is 0 Å². The number of carbonyl (C=O) groups is 3. The number of amides is 3. The molecule has 0 bridgehead atoms. The summed E-state index contributed by atoms with van der Waals surface area (Å²) in [5.41, 5.74) is 1.68. The molecule has 0 radical (unpaired) electrons. The molecule has 1 aliphatic rings. The second-order valence-electron chi connectivity index (χ2n) is 16.1. The Balaban J connectivity index is 1.57. The molecule has 3 amide bonds. The van der Waals surface area contributed by atoms with E-state index in [1.165, 1.54) is 24.3 Å². The number of hydrogen-bond acceptors (Lipinski definition) is 7. The number of alkyl carbamates (subject to hydrolysis) is 1. The van der Waals surface area contributed by atoms with Crippen molar-refractivity contribution < 1.29 is 42.1 Å². The highest BCUT2D eigenvalue weighted by Crippen LogP contribution is 2.29. The molecular weight excluding hydrogens is 727 g/mol. The molecule has 14 heteroatoms. The minimum atomic E-state index is -4.87. The lowest BCUT2D eigenvalue weighted by Gasteiger charge is -2.37. The lowest BCUT2D eigenvalue weighted by atomic mass is 9.87.